The van der Waals surface area contributed by atoms with Gasteiger partial charge in [0.05, 0.1) is 36.2 Å². The van der Waals surface area contributed by atoms with Gasteiger partial charge in [-0.1, -0.05) is 66.2 Å². The number of methoxy groups -OCH3 is 2. The molecule has 3 aromatic carbocycles. The van der Waals surface area contributed by atoms with Crippen LogP contribution in [0.25, 0.3) is 12.2 Å². The van der Waals surface area contributed by atoms with Crippen molar-refractivity contribution in [2.24, 2.45) is 0 Å². The van der Waals surface area contributed by atoms with E-state index < -0.39 is 10.0 Å². The second-order valence-corrected chi connectivity index (χ2v) is 17.9. The van der Waals surface area contributed by atoms with Crippen molar-refractivity contribution in [1.29, 1.82) is 0 Å². The number of carbonyl (C=O) groups excluding carboxylic acids is 2. The first-order valence-corrected chi connectivity index (χ1v) is 22.8. The van der Waals surface area contributed by atoms with E-state index in [4.69, 9.17) is 0 Å². The molecule has 13 heteroatoms. The van der Waals surface area contributed by atoms with Gasteiger partial charge in [-0.15, -0.1) is 0 Å². The lowest BCUT2D eigenvalue weighted by Crippen LogP contribution is -2.26. The van der Waals surface area contributed by atoms with Crippen LogP contribution in [0.2, 0.25) is 0 Å². The van der Waals surface area contributed by atoms with Crippen molar-refractivity contribution in [3.8, 4) is 0 Å². The molecule has 0 saturated carbocycles. The van der Waals surface area contributed by atoms with Crippen LogP contribution in [0.15, 0.2) is 89.8 Å². The molecule has 0 unspecified atom stereocenters. The van der Waals surface area contributed by atoms with E-state index in [9.17, 15) is 18.0 Å². The van der Waals surface area contributed by atoms with Crippen molar-refractivity contribution in [2.75, 3.05) is 40.4 Å². The zero-order chi connectivity index (χ0) is 44.4. The number of nitrogens with zero attached hydrogens (tertiary/aromatic N) is 5. The van der Waals surface area contributed by atoms with Crippen molar-refractivity contribution in [1.82, 2.24) is 29.2 Å². The number of aromatic amines is 1. The van der Waals surface area contributed by atoms with Crippen molar-refractivity contribution in [3.05, 3.63) is 147 Å². The highest BCUT2D eigenvalue weighted by Crippen LogP contribution is 2.34. The number of hydrogen-bond donors (Lipinski definition) is 1. The number of nitrogens with one attached hydrogen (secondary N) is 1. The molecular weight excluding hydrogens is 801 g/mol. The summed E-state index contributed by atoms with van der Waals surface area (Å²) in [4.78, 5) is 27.8. The van der Waals surface area contributed by atoms with Crippen molar-refractivity contribution in [2.45, 2.75) is 90.1 Å². The summed E-state index contributed by atoms with van der Waals surface area (Å²) in [5, 5.41) is 11.8. The first kappa shape index (κ1) is 45.9. The normalized spacial score (nSPS) is 17.1. The van der Waals surface area contributed by atoms with Crippen molar-refractivity contribution < 1.29 is 27.5 Å². The first-order valence-electron chi connectivity index (χ1n) is 21.4. The van der Waals surface area contributed by atoms with E-state index in [1.165, 1.54) is 65.7 Å². The molecule has 7 rings (SSSR count). The Morgan fingerprint density at radius 3 is 1.63 bits per heavy atom. The molecule has 0 aliphatic carbocycles. The van der Waals surface area contributed by atoms with Crippen LogP contribution in [0.3, 0.4) is 0 Å². The number of ether oxygens (including phenoxy) is 2. The maximum atomic E-state index is 13.2. The highest BCUT2D eigenvalue weighted by molar-refractivity contribution is 7.89. The van der Waals surface area contributed by atoms with E-state index in [1.54, 1.807) is 36.4 Å². The summed E-state index contributed by atoms with van der Waals surface area (Å²) in [7, 11) is -0.989. The summed E-state index contributed by atoms with van der Waals surface area (Å²) in [5.41, 5.74) is 11.6. The second kappa shape index (κ2) is 21.0. The van der Waals surface area contributed by atoms with Gasteiger partial charge in [0.25, 0.3) is 10.0 Å². The molecular formula is C49H60N6O6S. The molecule has 4 heterocycles. The molecule has 0 spiro atoms. The molecule has 62 heavy (non-hydrogen) atoms. The molecule has 2 fully saturated rings. The highest BCUT2D eigenvalue weighted by atomic mass is 32.2. The smallest absolute Gasteiger partial charge is 0.330 e. The van der Waals surface area contributed by atoms with E-state index in [-0.39, 0.29) is 16.8 Å². The Morgan fingerprint density at radius 2 is 1.18 bits per heavy atom. The number of carbonyl (C=O) groups is 2. The van der Waals surface area contributed by atoms with Crippen molar-refractivity contribution >= 4 is 34.1 Å². The molecule has 5 aromatic rings. The lowest BCUT2D eigenvalue weighted by atomic mass is 10.0. The third-order valence-electron chi connectivity index (χ3n) is 12.1. The number of esters is 2. The average molecular weight is 861 g/mol. The largest absolute Gasteiger partial charge is 0.466 e. The van der Waals surface area contributed by atoms with E-state index in [0.29, 0.717) is 17.8 Å². The molecule has 2 aliphatic rings. The summed E-state index contributed by atoms with van der Waals surface area (Å²) in [6, 6.07) is 24.4. The van der Waals surface area contributed by atoms with Gasteiger partial charge >= 0.3 is 11.9 Å². The molecule has 0 radical (unpaired) electrons. The maximum absolute atomic E-state index is 13.2. The van der Waals surface area contributed by atoms with Gasteiger partial charge in [-0.05, 0) is 144 Å². The minimum atomic E-state index is -3.74. The number of aromatic nitrogens is 4. The zero-order valence-electron chi connectivity index (χ0n) is 37.1. The molecule has 0 bridgehead atoms. The minimum absolute atomic E-state index is 0.245. The predicted octanol–water partition coefficient (Wildman–Crippen LogP) is 8.20. The van der Waals surface area contributed by atoms with E-state index in [0.717, 1.165) is 85.5 Å². The monoisotopic (exact) mass is 860 g/mol. The van der Waals surface area contributed by atoms with Gasteiger partial charge < -0.3 is 9.47 Å². The Kier molecular flexibility index (Phi) is 15.5. The topological polar surface area (TPSA) is 140 Å². The number of rotatable bonds is 14. The summed E-state index contributed by atoms with van der Waals surface area (Å²) in [6.07, 6.45) is 12.8. The molecule has 2 saturated heterocycles. The third kappa shape index (κ3) is 11.2. The average Bonchev–Trinajstić information content (AvgIpc) is 4.08. The molecule has 2 atom stereocenters. The Balaban J connectivity index is 0.000000218. The quantitative estimate of drug-likeness (QED) is 0.0859. The van der Waals surface area contributed by atoms with Crippen LogP contribution >= 0.6 is 0 Å². The summed E-state index contributed by atoms with van der Waals surface area (Å²) in [5.74, 6) is -0.706. The lowest BCUT2D eigenvalue weighted by Gasteiger charge is -2.25. The molecule has 12 nitrogen and oxygen atoms in total. The van der Waals surface area contributed by atoms with Crippen LogP contribution in [0.4, 0.5) is 0 Å². The van der Waals surface area contributed by atoms with E-state index >= 15 is 0 Å². The number of H-pyrrole nitrogens is 1. The molecule has 1 N–H and O–H groups in total. The number of likely N-dealkylation sites (tertiary alicyclic amines) is 2. The van der Waals surface area contributed by atoms with E-state index in [1.807, 2.05) is 32.9 Å². The number of hydrogen-bond acceptors (Lipinski definition) is 10. The van der Waals surface area contributed by atoms with Gasteiger partial charge in [0.1, 0.15) is 0 Å². The van der Waals surface area contributed by atoms with Crippen LogP contribution in [0, 0.1) is 34.6 Å². The van der Waals surface area contributed by atoms with Gasteiger partial charge in [-0.2, -0.15) is 22.7 Å². The standard InChI is InChI=1S/C28H33N3O4S.C21H27N3O2/c1-20-7-14-25(15-8-20)36(33,34)31-22(3)26(21(2)29-31)17-19-30-18-5-6-27(30)24-12-9-23(10-13-24)11-16-28(32)35-4;1-15-19(16(2)23-22-15)12-14-24-13-4-5-20(24)18-9-6-17(7-10-18)8-11-21(25)26-3/h7-16,27H,5-6,17-19H2,1-4H3;6-11,20H,4-5,12-14H2,1-3H3,(H,22,23)/b16-11+;11-8+/t27-;20-/m00/s1. The van der Waals surface area contributed by atoms with Gasteiger partial charge in [0.15, 0.2) is 0 Å². The van der Waals surface area contributed by atoms with E-state index in [2.05, 4.69) is 84.8 Å². The maximum Gasteiger partial charge on any atom is 0.330 e. The highest BCUT2D eigenvalue weighted by Gasteiger charge is 2.29. The second-order valence-electron chi connectivity index (χ2n) is 16.2. The fourth-order valence-corrected chi connectivity index (χ4v) is 9.95. The Hall–Kier alpha value is -5.63. The van der Waals surface area contributed by atoms with Gasteiger partial charge in [0.2, 0.25) is 0 Å². The molecule has 2 aliphatic heterocycles. The van der Waals surface area contributed by atoms with Gasteiger partial charge in [-0.25, -0.2) is 9.59 Å². The summed E-state index contributed by atoms with van der Waals surface area (Å²) >= 11 is 0. The van der Waals surface area contributed by atoms with Gasteiger partial charge in [-0.3, -0.25) is 14.9 Å². The lowest BCUT2D eigenvalue weighted by molar-refractivity contribution is -0.135. The number of benzene rings is 3. The van der Waals surface area contributed by atoms with Gasteiger partial charge in [0, 0.05) is 43.0 Å². The summed E-state index contributed by atoms with van der Waals surface area (Å²) < 4.78 is 36.9. The third-order valence-corrected chi connectivity index (χ3v) is 13.8. The Morgan fingerprint density at radius 1 is 0.694 bits per heavy atom. The number of aryl methyl sites for hydroxylation is 4. The van der Waals surface area contributed by atoms with Crippen LogP contribution < -0.4 is 0 Å². The Labute approximate surface area is 366 Å². The fourth-order valence-electron chi connectivity index (χ4n) is 8.57. The van der Waals surface area contributed by atoms with Crippen molar-refractivity contribution in [3.63, 3.8) is 0 Å². The van der Waals surface area contributed by atoms with Crippen LogP contribution in [-0.2, 0) is 41.9 Å². The minimum Gasteiger partial charge on any atom is -0.466 e. The SMILES string of the molecule is COC(=O)/C=C/c1ccc([C@@H]2CCCN2CCc2c(C)n[nH]c2C)cc1.COC(=O)/C=C/c1ccc([C@@H]2CCCN2CCc2c(C)nn(S(=O)(=O)c3ccc(C)cc3)c2C)cc1. The first-order chi connectivity index (χ1) is 29.8. The molecule has 2 aromatic heterocycles. The predicted molar refractivity (Wildman–Crippen MR) is 243 cm³/mol. The van der Waals surface area contributed by atoms with Crippen LogP contribution in [0.1, 0.15) is 99.5 Å². The van der Waals surface area contributed by atoms with Crippen LogP contribution in [0.5, 0.6) is 0 Å². The Bertz CT molecular complexity index is 2450. The molecule has 0 amide bonds. The molecule has 328 valence electrons. The fraction of sp³-hybridized carbons (Fsp3) is 0.388. The summed E-state index contributed by atoms with van der Waals surface area (Å²) in [6.45, 7) is 13.8. The van der Waals surface area contributed by atoms with Crippen LogP contribution in [-0.4, -0.2) is 89.9 Å². The zero-order valence-corrected chi connectivity index (χ0v) is 37.9.